The zero-order valence-electron chi connectivity index (χ0n) is 18.0. The standard InChI is InChI=1S/C27H21ClN4O/c1-19-22(26(28)31(30-19)18-20-10-4-2-5-11-20)16-17-25-29-24-15-9-8-14-23(24)27(33)32(25)21-12-6-3-7-13-21/h2-17H,18H2,1H3/b17-16+. The number of aromatic nitrogens is 4. The van der Waals surface area contributed by atoms with E-state index in [2.05, 4.69) is 5.10 Å². The summed E-state index contributed by atoms with van der Waals surface area (Å²) in [4.78, 5) is 18.1. The molecule has 0 aliphatic rings. The summed E-state index contributed by atoms with van der Waals surface area (Å²) in [5.41, 5.74) is 4.01. The van der Waals surface area contributed by atoms with Crippen molar-refractivity contribution < 1.29 is 0 Å². The summed E-state index contributed by atoms with van der Waals surface area (Å²) >= 11 is 6.69. The van der Waals surface area contributed by atoms with Crippen molar-refractivity contribution in [2.45, 2.75) is 13.5 Å². The van der Waals surface area contributed by atoms with Crippen LogP contribution in [0.5, 0.6) is 0 Å². The number of para-hydroxylation sites is 2. The summed E-state index contributed by atoms with van der Waals surface area (Å²) in [6.07, 6.45) is 3.70. The predicted molar refractivity (Wildman–Crippen MR) is 134 cm³/mol. The molecule has 0 unspecified atom stereocenters. The molecular weight excluding hydrogens is 432 g/mol. The van der Waals surface area contributed by atoms with Gasteiger partial charge in [0, 0.05) is 5.56 Å². The minimum atomic E-state index is -0.117. The summed E-state index contributed by atoms with van der Waals surface area (Å²) in [7, 11) is 0. The van der Waals surface area contributed by atoms with Gasteiger partial charge in [-0.15, -0.1) is 0 Å². The third-order valence-electron chi connectivity index (χ3n) is 5.50. The molecule has 2 aromatic heterocycles. The van der Waals surface area contributed by atoms with Gasteiger partial charge in [-0.05, 0) is 48.9 Å². The van der Waals surface area contributed by atoms with Crippen LogP contribution in [0, 0.1) is 6.92 Å². The van der Waals surface area contributed by atoms with Crippen molar-refractivity contribution in [3.8, 4) is 5.69 Å². The van der Waals surface area contributed by atoms with Crippen molar-refractivity contribution in [2.75, 3.05) is 0 Å². The largest absolute Gasteiger partial charge is 0.268 e. The van der Waals surface area contributed by atoms with E-state index in [4.69, 9.17) is 16.6 Å². The molecule has 5 aromatic rings. The molecule has 3 aromatic carbocycles. The highest BCUT2D eigenvalue weighted by Gasteiger charge is 2.14. The topological polar surface area (TPSA) is 52.7 Å². The maximum atomic E-state index is 13.3. The van der Waals surface area contributed by atoms with Crippen LogP contribution < -0.4 is 5.56 Å². The molecule has 0 amide bonds. The van der Waals surface area contributed by atoms with Crippen LogP contribution in [0.3, 0.4) is 0 Å². The van der Waals surface area contributed by atoms with E-state index in [1.807, 2.05) is 97.9 Å². The lowest BCUT2D eigenvalue weighted by Gasteiger charge is -2.11. The van der Waals surface area contributed by atoms with Gasteiger partial charge >= 0.3 is 0 Å². The van der Waals surface area contributed by atoms with E-state index in [9.17, 15) is 4.79 Å². The SMILES string of the molecule is Cc1nn(Cc2ccccc2)c(Cl)c1/C=C/c1nc2ccccc2c(=O)n1-c1ccccc1. The lowest BCUT2D eigenvalue weighted by Crippen LogP contribution is -2.22. The minimum absolute atomic E-state index is 0.117. The summed E-state index contributed by atoms with van der Waals surface area (Å²) in [6, 6.07) is 26.9. The van der Waals surface area contributed by atoms with Gasteiger partial charge < -0.3 is 0 Å². The Labute approximate surface area is 196 Å². The highest BCUT2D eigenvalue weighted by Crippen LogP contribution is 2.24. The van der Waals surface area contributed by atoms with Gasteiger partial charge in [0.1, 0.15) is 11.0 Å². The number of halogens is 1. The van der Waals surface area contributed by atoms with Crippen LogP contribution >= 0.6 is 11.6 Å². The second-order valence-corrected chi connectivity index (χ2v) is 8.09. The van der Waals surface area contributed by atoms with Crippen LogP contribution in [0.25, 0.3) is 28.7 Å². The van der Waals surface area contributed by atoms with E-state index in [-0.39, 0.29) is 5.56 Å². The number of nitrogens with zero attached hydrogens (tertiary/aromatic N) is 4. The molecule has 0 atom stereocenters. The van der Waals surface area contributed by atoms with Gasteiger partial charge in [0.15, 0.2) is 0 Å². The molecule has 0 aliphatic carbocycles. The molecule has 33 heavy (non-hydrogen) atoms. The molecule has 6 heteroatoms. The quantitative estimate of drug-likeness (QED) is 0.340. The number of hydrogen-bond acceptors (Lipinski definition) is 3. The summed E-state index contributed by atoms with van der Waals surface area (Å²) in [5.74, 6) is 0.524. The Morgan fingerprint density at radius 1 is 0.879 bits per heavy atom. The fourth-order valence-electron chi connectivity index (χ4n) is 3.86. The number of benzene rings is 3. The van der Waals surface area contributed by atoms with E-state index in [1.54, 1.807) is 15.3 Å². The lowest BCUT2D eigenvalue weighted by atomic mass is 10.2. The monoisotopic (exact) mass is 452 g/mol. The highest BCUT2D eigenvalue weighted by molar-refractivity contribution is 6.31. The normalized spacial score (nSPS) is 11.5. The van der Waals surface area contributed by atoms with Gasteiger partial charge in [-0.1, -0.05) is 72.3 Å². The first-order valence-electron chi connectivity index (χ1n) is 10.6. The van der Waals surface area contributed by atoms with E-state index in [1.165, 1.54) is 0 Å². The number of fused-ring (bicyclic) bond motifs is 1. The third-order valence-corrected chi connectivity index (χ3v) is 5.90. The number of hydrogen-bond donors (Lipinski definition) is 0. The zero-order valence-corrected chi connectivity index (χ0v) is 18.8. The Bertz CT molecular complexity index is 1520. The molecule has 0 aliphatic heterocycles. The van der Waals surface area contributed by atoms with Crippen molar-refractivity contribution in [2.24, 2.45) is 0 Å². The van der Waals surface area contributed by atoms with Crippen LogP contribution in [0.1, 0.15) is 22.6 Å². The summed E-state index contributed by atoms with van der Waals surface area (Å²) < 4.78 is 3.40. The molecule has 0 fully saturated rings. The molecule has 5 nitrogen and oxygen atoms in total. The Morgan fingerprint density at radius 2 is 1.55 bits per heavy atom. The van der Waals surface area contributed by atoms with Crippen LogP contribution in [-0.2, 0) is 6.54 Å². The first-order valence-corrected chi connectivity index (χ1v) is 11.0. The molecule has 0 radical (unpaired) electrons. The molecule has 0 saturated carbocycles. The van der Waals surface area contributed by atoms with Crippen LogP contribution in [0.4, 0.5) is 0 Å². The number of rotatable bonds is 5. The van der Waals surface area contributed by atoms with Crippen molar-refractivity contribution in [3.05, 3.63) is 123 Å². The number of aryl methyl sites for hydroxylation is 1. The van der Waals surface area contributed by atoms with E-state index >= 15 is 0 Å². The van der Waals surface area contributed by atoms with E-state index < -0.39 is 0 Å². The predicted octanol–water partition coefficient (Wildman–Crippen LogP) is 5.76. The fraction of sp³-hybridized carbons (Fsp3) is 0.0741. The van der Waals surface area contributed by atoms with Crippen molar-refractivity contribution in [3.63, 3.8) is 0 Å². The average molecular weight is 453 g/mol. The van der Waals surface area contributed by atoms with Crippen molar-refractivity contribution in [1.82, 2.24) is 19.3 Å². The van der Waals surface area contributed by atoms with Gasteiger partial charge in [-0.25, -0.2) is 9.67 Å². The second kappa shape index (κ2) is 8.88. The Balaban J connectivity index is 1.60. The second-order valence-electron chi connectivity index (χ2n) is 7.73. The smallest absolute Gasteiger partial charge is 0.266 e. The van der Waals surface area contributed by atoms with E-state index in [0.717, 1.165) is 22.5 Å². The first-order chi connectivity index (χ1) is 16.1. The van der Waals surface area contributed by atoms with Gasteiger partial charge in [0.25, 0.3) is 5.56 Å². The average Bonchev–Trinajstić information content (AvgIpc) is 3.11. The molecule has 0 spiro atoms. The van der Waals surface area contributed by atoms with Crippen LogP contribution in [0.2, 0.25) is 5.15 Å². The lowest BCUT2D eigenvalue weighted by molar-refractivity contribution is 0.680. The third kappa shape index (κ3) is 4.11. The fourth-order valence-corrected chi connectivity index (χ4v) is 4.16. The van der Waals surface area contributed by atoms with Crippen LogP contribution in [0.15, 0.2) is 89.7 Å². The maximum Gasteiger partial charge on any atom is 0.266 e. The Hall–Kier alpha value is -3.96. The first kappa shape index (κ1) is 20.9. The molecular formula is C27H21ClN4O. The molecule has 0 N–H and O–H groups in total. The highest BCUT2D eigenvalue weighted by atomic mass is 35.5. The Kier molecular flexibility index (Phi) is 5.63. The molecule has 5 rings (SSSR count). The molecule has 0 bridgehead atoms. The summed E-state index contributed by atoms with van der Waals surface area (Å²) in [5, 5.41) is 5.73. The molecule has 2 heterocycles. The van der Waals surface area contributed by atoms with Crippen molar-refractivity contribution >= 4 is 34.7 Å². The summed E-state index contributed by atoms with van der Waals surface area (Å²) in [6.45, 7) is 2.50. The van der Waals surface area contributed by atoms with E-state index in [0.29, 0.717) is 28.4 Å². The maximum absolute atomic E-state index is 13.3. The molecule has 162 valence electrons. The van der Waals surface area contributed by atoms with Gasteiger partial charge in [-0.2, -0.15) is 5.10 Å². The van der Waals surface area contributed by atoms with Crippen LogP contribution in [-0.4, -0.2) is 19.3 Å². The van der Waals surface area contributed by atoms with Gasteiger partial charge in [0.05, 0.1) is 28.8 Å². The van der Waals surface area contributed by atoms with Gasteiger partial charge in [-0.3, -0.25) is 9.36 Å². The minimum Gasteiger partial charge on any atom is -0.268 e. The molecule has 0 saturated heterocycles. The van der Waals surface area contributed by atoms with Gasteiger partial charge in [0.2, 0.25) is 0 Å². The zero-order chi connectivity index (χ0) is 22.8. The Morgan fingerprint density at radius 3 is 2.30 bits per heavy atom. The van der Waals surface area contributed by atoms with Crippen molar-refractivity contribution in [1.29, 1.82) is 0 Å².